The third kappa shape index (κ3) is 4.20. The number of carbonyl (C=O) groups is 1. The molecular formula is C10H21N3O4S. The molecule has 18 heavy (non-hydrogen) atoms. The van der Waals surface area contributed by atoms with Gasteiger partial charge >= 0.3 is 5.97 Å². The van der Waals surface area contributed by atoms with Gasteiger partial charge in [0.25, 0.3) is 10.2 Å². The van der Waals surface area contributed by atoms with Gasteiger partial charge in [-0.1, -0.05) is 0 Å². The fourth-order valence-corrected chi connectivity index (χ4v) is 3.11. The van der Waals surface area contributed by atoms with Crippen LogP contribution in [-0.4, -0.2) is 69.9 Å². The molecule has 0 aromatic heterocycles. The van der Waals surface area contributed by atoms with Crippen molar-refractivity contribution < 1.29 is 17.9 Å². The second kappa shape index (κ2) is 7.03. The Balaban J connectivity index is 2.57. The quantitative estimate of drug-likeness (QED) is 0.655. The van der Waals surface area contributed by atoms with E-state index in [0.717, 1.165) is 13.0 Å². The van der Waals surface area contributed by atoms with Gasteiger partial charge in [0.15, 0.2) is 0 Å². The first-order valence-corrected chi connectivity index (χ1v) is 7.37. The summed E-state index contributed by atoms with van der Waals surface area (Å²) in [5, 5.41) is 3.15. The first-order chi connectivity index (χ1) is 8.48. The number of nitrogens with one attached hydrogen (secondary N) is 1. The Morgan fingerprint density at radius 2 is 2.11 bits per heavy atom. The zero-order valence-corrected chi connectivity index (χ0v) is 11.7. The number of ether oxygens (including phenoxy) is 1. The normalized spacial score (nSPS) is 18.6. The summed E-state index contributed by atoms with van der Waals surface area (Å²) in [5.74, 6) is -0.408. The molecule has 0 radical (unpaired) electrons. The van der Waals surface area contributed by atoms with Crippen LogP contribution in [0.5, 0.6) is 0 Å². The molecule has 1 N–H and O–H groups in total. The van der Waals surface area contributed by atoms with E-state index in [1.165, 1.54) is 22.8 Å². The summed E-state index contributed by atoms with van der Waals surface area (Å²) in [6, 6.07) is 0. The Hall–Kier alpha value is -0.700. The maximum atomic E-state index is 12.2. The van der Waals surface area contributed by atoms with E-state index in [4.69, 9.17) is 0 Å². The SMILES string of the molecule is COC(=O)CCN(C)S(=O)(=O)N1CCCNCC1. The largest absolute Gasteiger partial charge is 0.469 e. The third-order valence-corrected chi connectivity index (χ3v) is 4.87. The van der Waals surface area contributed by atoms with E-state index in [9.17, 15) is 13.2 Å². The van der Waals surface area contributed by atoms with Crippen molar-refractivity contribution in [3.05, 3.63) is 0 Å². The maximum Gasteiger partial charge on any atom is 0.306 e. The van der Waals surface area contributed by atoms with Crippen molar-refractivity contribution in [1.29, 1.82) is 0 Å². The minimum absolute atomic E-state index is 0.0678. The number of methoxy groups -OCH3 is 1. The van der Waals surface area contributed by atoms with Gasteiger partial charge in [-0.05, 0) is 13.0 Å². The second-order valence-corrected chi connectivity index (χ2v) is 6.19. The van der Waals surface area contributed by atoms with Gasteiger partial charge in [-0.3, -0.25) is 4.79 Å². The van der Waals surface area contributed by atoms with E-state index < -0.39 is 16.2 Å². The first kappa shape index (κ1) is 15.4. The number of carbonyl (C=O) groups excluding carboxylic acids is 1. The number of esters is 1. The summed E-state index contributed by atoms with van der Waals surface area (Å²) in [5.41, 5.74) is 0. The zero-order valence-electron chi connectivity index (χ0n) is 10.9. The van der Waals surface area contributed by atoms with Gasteiger partial charge in [-0.2, -0.15) is 17.0 Å². The van der Waals surface area contributed by atoms with Crippen LogP contribution in [0.25, 0.3) is 0 Å². The van der Waals surface area contributed by atoms with Gasteiger partial charge in [0.1, 0.15) is 0 Å². The molecule has 1 saturated heterocycles. The first-order valence-electron chi connectivity index (χ1n) is 5.97. The molecule has 7 nitrogen and oxygen atoms in total. The highest BCUT2D eigenvalue weighted by Crippen LogP contribution is 2.09. The maximum absolute atomic E-state index is 12.2. The zero-order chi connectivity index (χ0) is 13.6. The molecule has 1 heterocycles. The van der Waals surface area contributed by atoms with Gasteiger partial charge in [0.2, 0.25) is 0 Å². The molecule has 0 aliphatic carbocycles. The van der Waals surface area contributed by atoms with Crippen LogP contribution in [0.15, 0.2) is 0 Å². The molecule has 0 atom stereocenters. The molecule has 106 valence electrons. The summed E-state index contributed by atoms with van der Waals surface area (Å²) in [4.78, 5) is 11.0. The fraction of sp³-hybridized carbons (Fsp3) is 0.900. The van der Waals surface area contributed by atoms with Crippen LogP contribution >= 0.6 is 0 Å². The average Bonchev–Trinajstić information content (AvgIpc) is 2.64. The Bertz CT molecular complexity index is 363. The topological polar surface area (TPSA) is 79.0 Å². The molecule has 0 aromatic rings. The van der Waals surface area contributed by atoms with Crippen LogP contribution in [0.2, 0.25) is 0 Å². The molecule has 0 saturated carbocycles. The van der Waals surface area contributed by atoms with Crippen molar-refractivity contribution in [3.8, 4) is 0 Å². The lowest BCUT2D eigenvalue weighted by molar-refractivity contribution is -0.140. The highest BCUT2D eigenvalue weighted by molar-refractivity contribution is 7.86. The average molecular weight is 279 g/mol. The molecule has 1 aliphatic rings. The number of hydrogen-bond donors (Lipinski definition) is 1. The molecule has 1 aliphatic heterocycles. The van der Waals surface area contributed by atoms with Gasteiger partial charge in [-0.15, -0.1) is 0 Å². The van der Waals surface area contributed by atoms with Crippen LogP contribution in [0.4, 0.5) is 0 Å². The molecule has 1 fully saturated rings. The fourth-order valence-electron chi connectivity index (χ4n) is 1.71. The van der Waals surface area contributed by atoms with Crippen molar-refractivity contribution in [3.63, 3.8) is 0 Å². The molecule has 0 unspecified atom stereocenters. The smallest absolute Gasteiger partial charge is 0.306 e. The Morgan fingerprint density at radius 3 is 2.78 bits per heavy atom. The number of hydrogen-bond acceptors (Lipinski definition) is 5. The lowest BCUT2D eigenvalue weighted by Gasteiger charge is -2.25. The van der Waals surface area contributed by atoms with Crippen LogP contribution < -0.4 is 5.32 Å². The van der Waals surface area contributed by atoms with Crippen molar-refractivity contribution in [2.45, 2.75) is 12.8 Å². The van der Waals surface area contributed by atoms with Crippen molar-refractivity contribution >= 4 is 16.2 Å². The summed E-state index contributed by atoms with van der Waals surface area (Å²) in [6.45, 7) is 2.60. The molecule has 0 aromatic carbocycles. The van der Waals surface area contributed by atoms with Crippen molar-refractivity contribution in [2.24, 2.45) is 0 Å². The van der Waals surface area contributed by atoms with Gasteiger partial charge < -0.3 is 10.1 Å². The van der Waals surface area contributed by atoms with E-state index in [-0.39, 0.29) is 13.0 Å². The van der Waals surface area contributed by atoms with Crippen LogP contribution in [-0.2, 0) is 19.7 Å². The summed E-state index contributed by atoms with van der Waals surface area (Å²) in [7, 11) is -0.699. The Labute approximate surface area is 108 Å². The van der Waals surface area contributed by atoms with E-state index in [2.05, 4.69) is 10.1 Å². The van der Waals surface area contributed by atoms with Crippen LogP contribution in [0.1, 0.15) is 12.8 Å². The van der Waals surface area contributed by atoms with Gasteiger partial charge in [0, 0.05) is 33.2 Å². The van der Waals surface area contributed by atoms with Gasteiger partial charge in [-0.25, -0.2) is 0 Å². The minimum atomic E-state index is -3.47. The van der Waals surface area contributed by atoms with E-state index in [1.807, 2.05) is 0 Å². The van der Waals surface area contributed by atoms with Crippen molar-refractivity contribution in [2.75, 3.05) is 46.9 Å². The van der Waals surface area contributed by atoms with Crippen molar-refractivity contribution in [1.82, 2.24) is 13.9 Å². The highest BCUT2D eigenvalue weighted by atomic mass is 32.2. The lowest BCUT2D eigenvalue weighted by Crippen LogP contribution is -2.44. The summed E-state index contributed by atoms with van der Waals surface area (Å²) >= 11 is 0. The highest BCUT2D eigenvalue weighted by Gasteiger charge is 2.27. The Morgan fingerprint density at radius 1 is 1.39 bits per heavy atom. The molecule has 1 rings (SSSR count). The summed E-state index contributed by atoms with van der Waals surface area (Å²) < 4.78 is 31.6. The third-order valence-electron chi connectivity index (χ3n) is 2.88. The lowest BCUT2D eigenvalue weighted by atomic mass is 10.4. The molecule has 0 spiro atoms. The summed E-state index contributed by atoms with van der Waals surface area (Å²) in [6.07, 6.45) is 0.863. The number of nitrogens with zero attached hydrogens (tertiary/aromatic N) is 2. The second-order valence-electron chi connectivity index (χ2n) is 4.16. The van der Waals surface area contributed by atoms with E-state index in [0.29, 0.717) is 19.6 Å². The minimum Gasteiger partial charge on any atom is -0.469 e. The standard InChI is InChI=1S/C10H21N3O4S/c1-12(8-4-10(14)17-2)18(15,16)13-7-3-5-11-6-9-13/h11H,3-9H2,1-2H3. The van der Waals surface area contributed by atoms with Gasteiger partial charge in [0.05, 0.1) is 13.5 Å². The molecular weight excluding hydrogens is 258 g/mol. The Kier molecular flexibility index (Phi) is 6.00. The van der Waals surface area contributed by atoms with E-state index >= 15 is 0 Å². The molecule has 0 amide bonds. The predicted octanol–water partition coefficient (Wildman–Crippen LogP) is -0.979. The monoisotopic (exact) mass is 279 g/mol. The van der Waals surface area contributed by atoms with Crippen LogP contribution in [0, 0.1) is 0 Å². The predicted molar refractivity (Wildman–Crippen MR) is 67.2 cm³/mol. The number of rotatable bonds is 5. The van der Waals surface area contributed by atoms with E-state index in [1.54, 1.807) is 0 Å². The molecule has 8 heteroatoms. The molecule has 0 bridgehead atoms. The van der Waals surface area contributed by atoms with Crippen LogP contribution in [0.3, 0.4) is 0 Å².